The first kappa shape index (κ1) is 13.4. The summed E-state index contributed by atoms with van der Waals surface area (Å²) in [5.41, 5.74) is 1.12. The van der Waals surface area contributed by atoms with Crippen LogP contribution in [0.4, 0.5) is 4.39 Å². The van der Waals surface area contributed by atoms with Crippen molar-refractivity contribution in [3.8, 4) is 0 Å². The Bertz CT molecular complexity index is 559. The van der Waals surface area contributed by atoms with Gasteiger partial charge in [0.25, 0.3) is 0 Å². The van der Waals surface area contributed by atoms with Gasteiger partial charge >= 0.3 is 0 Å². The molecule has 0 spiro atoms. The number of hydrogen-bond acceptors (Lipinski definition) is 2. The summed E-state index contributed by atoms with van der Waals surface area (Å²) in [6.07, 6.45) is 1.01. The van der Waals surface area contributed by atoms with E-state index in [9.17, 15) is 9.50 Å². The molecule has 2 aromatic carbocycles. The lowest BCUT2D eigenvalue weighted by Crippen LogP contribution is -2.02. The van der Waals surface area contributed by atoms with Crippen LogP contribution in [0, 0.1) is 5.82 Å². The van der Waals surface area contributed by atoms with Crippen LogP contribution >= 0.6 is 23.4 Å². The second-order valence-corrected chi connectivity index (χ2v) is 5.07. The van der Waals surface area contributed by atoms with Crippen molar-refractivity contribution in [2.45, 2.75) is 11.0 Å². The number of benzene rings is 2. The second kappa shape index (κ2) is 5.74. The summed E-state index contributed by atoms with van der Waals surface area (Å²) in [4.78, 5) is 0.949. The monoisotopic (exact) mass is 282 g/mol. The number of thioether (sulfide) groups is 1. The smallest absolute Gasteiger partial charge is 0.123 e. The second-order valence-electron chi connectivity index (χ2n) is 3.81. The molecule has 1 nitrogen and oxygen atoms in total. The molecule has 0 aliphatic heterocycles. The summed E-state index contributed by atoms with van der Waals surface area (Å²) in [5, 5.41) is 10.7. The fourth-order valence-corrected chi connectivity index (χ4v) is 2.63. The molecule has 1 N–H and O–H groups in total. The van der Waals surface area contributed by atoms with Crippen LogP contribution in [0.2, 0.25) is 5.02 Å². The van der Waals surface area contributed by atoms with E-state index in [1.165, 1.54) is 30.0 Å². The van der Waals surface area contributed by atoms with Crippen LogP contribution in [0.1, 0.15) is 17.2 Å². The lowest BCUT2D eigenvalue weighted by molar-refractivity contribution is 0.217. The van der Waals surface area contributed by atoms with Gasteiger partial charge in [0.2, 0.25) is 0 Å². The number of rotatable bonds is 3. The van der Waals surface area contributed by atoms with E-state index in [0.29, 0.717) is 10.6 Å². The Morgan fingerprint density at radius 2 is 1.89 bits per heavy atom. The zero-order valence-corrected chi connectivity index (χ0v) is 11.3. The van der Waals surface area contributed by atoms with Crippen molar-refractivity contribution in [3.05, 3.63) is 64.4 Å². The topological polar surface area (TPSA) is 20.2 Å². The van der Waals surface area contributed by atoms with E-state index >= 15 is 0 Å². The minimum atomic E-state index is -0.920. The Kier molecular flexibility index (Phi) is 4.27. The third-order valence-corrected chi connectivity index (χ3v) is 3.84. The molecular weight excluding hydrogens is 271 g/mol. The van der Waals surface area contributed by atoms with Crippen molar-refractivity contribution in [2.24, 2.45) is 0 Å². The number of aliphatic hydroxyl groups is 1. The Morgan fingerprint density at radius 1 is 1.17 bits per heavy atom. The van der Waals surface area contributed by atoms with Crippen molar-refractivity contribution in [1.29, 1.82) is 0 Å². The molecule has 0 aromatic heterocycles. The van der Waals surface area contributed by atoms with Crippen LogP contribution in [0.15, 0.2) is 47.4 Å². The van der Waals surface area contributed by atoms with Gasteiger partial charge < -0.3 is 5.11 Å². The molecule has 0 aliphatic rings. The highest BCUT2D eigenvalue weighted by molar-refractivity contribution is 7.98. The number of hydrogen-bond donors (Lipinski definition) is 1. The standard InChI is InChI=1S/C14H12ClFOS/c1-18-13-5-3-2-4-10(13)14(17)11-8-9(16)6-7-12(11)15/h2-8,14,17H,1H3. The fraction of sp³-hybridized carbons (Fsp3) is 0.143. The van der Waals surface area contributed by atoms with Gasteiger partial charge in [-0.25, -0.2) is 4.39 Å². The summed E-state index contributed by atoms with van der Waals surface area (Å²) in [5.74, 6) is -0.407. The van der Waals surface area contributed by atoms with Crippen LogP contribution in [0.25, 0.3) is 0 Å². The van der Waals surface area contributed by atoms with Crippen molar-refractivity contribution < 1.29 is 9.50 Å². The predicted molar refractivity (Wildman–Crippen MR) is 73.7 cm³/mol. The fourth-order valence-electron chi connectivity index (χ4n) is 1.78. The summed E-state index contributed by atoms with van der Waals surface area (Å²) in [7, 11) is 0. The largest absolute Gasteiger partial charge is 0.384 e. The van der Waals surface area contributed by atoms with E-state index in [0.717, 1.165) is 10.5 Å². The zero-order valence-electron chi connectivity index (χ0n) is 9.73. The molecule has 0 saturated carbocycles. The highest BCUT2D eigenvalue weighted by atomic mass is 35.5. The predicted octanol–water partition coefficient (Wildman–Crippen LogP) is 4.28. The molecule has 0 aliphatic carbocycles. The van der Waals surface area contributed by atoms with Gasteiger partial charge in [0.15, 0.2) is 0 Å². The van der Waals surface area contributed by atoms with Crippen molar-refractivity contribution in [1.82, 2.24) is 0 Å². The highest BCUT2D eigenvalue weighted by Crippen LogP contribution is 2.33. The molecule has 2 rings (SSSR count). The summed E-state index contributed by atoms with van der Waals surface area (Å²) in [6.45, 7) is 0. The lowest BCUT2D eigenvalue weighted by atomic mass is 10.0. The molecule has 4 heteroatoms. The first-order chi connectivity index (χ1) is 8.63. The Morgan fingerprint density at radius 3 is 2.61 bits per heavy atom. The van der Waals surface area contributed by atoms with Crippen LogP contribution in [-0.4, -0.2) is 11.4 Å². The van der Waals surface area contributed by atoms with Crippen molar-refractivity contribution >= 4 is 23.4 Å². The quantitative estimate of drug-likeness (QED) is 0.848. The molecule has 2 aromatic rings. The van der Waals surface area contributed by atoms with E-state index in [1.54, 1.807) is 0 Å². The van der Waals surface area contributed by atoms with Crippen molar-refractivity contribution in [2.75, 3.05) is 6.26 Å². The maximum Gasteiger partial charge on any atom is 0.123 e. The van der Waals surface area contributed by atoms with E-state index in [1.807, 2.05) is 30.5 Å². The van der Waals surface area contributed by atoms with E-state index < -0.39 is 11.9 Å². The molecule has 0 bridgehead atoms. The zero-order chi connectivity index (χ0) is 13.1. The summed E-state index contributed by atoms with van der Waals surface area (Å²) >= 11 is 7.53. The van der Waals surface area contributed by atoms with Gasteiger partial charge in [-0.05, 0) is 36.1 Å². The SMILES string of the molecule is CSc1ccccc1C(O)c1cc(F)ccc1Cl. The van der Waals surface area contributed by atoms with Gasteiger partial charge in [-0.15, -0.1) is 11.8 Å². The molecule has 0 heterocycles. The minimum absolute atomic E-state index is 0.361. The van der Waals surface area contributed by atoms with Gasteiger partial charge in [-0.1, -0.05) is 29.8 Å². The molecule has 0 fully saturated rings. The van der Waals surface area contributed by atoms with E-state index in [2.05, 4.69) is 0 Å². The number of halogens is 2. The maximum atomic E-state index is 13.2. The summed E-state index contributed by atoms with van der Waals surface area (Å²) < 4.78 is 13.2. The molecule has 1 unspecified atom stereocenters. The molecule has 0 amide bonds. The average molecular weight is 283 g/mol. The normalized spacial score (nSPS) is 12.4. The van der Waals surface area contributed by atoms with Gasteiger partial charge in [-0.2, -0.15) is 0 Å². The van der Waals surface area contributed by atoms with Gasteiger partial charge in [-0.3, -0.25) is 0 Å². The average Bonchev–Trinajstić information content (AvgIpc) is 2.40. The molecular formula is C14H12ClFOS. The molecule has 94 valence electrons. The van der Waals surface area contributed by atoms with Crippen LogP contribution in [0.3, 0.4) is 0 Å². The van der Waals surface area contributed by atoms with Gasteiger partial charge in [0.1, 0.15) is 11.9 Å². The maximum absolute atomic E-state index is 13.2. The van der Waals surface area contributed by atoms with Crippen LogP contribution in [-0.2, 0) is 0 Å². The lowest BCUT2D eigenvalue weighted by Gasteiger charge is -2.16. The number of aliphatic hydroxyl groups excluding tert-OH is 1. The molecule has 0 saturated heterocycles. The van der Waals surface area contributed by atoms with E-state index in [-0.39, 0.29) is 0 Å². The minimum Gasteiger partial charge on any atom is -0.384 e. The molecule has 1 atom stereocenters. The van der Waals surface area contributed by atoms with Crippen molar-refractivity contribution in [3.63, 3.8) is 0 Å². The molecule has 0 radical (unpaired) electrons. The molecule has 18 heavy (non-hydrogen) atoms. The summed E-state index contributed by atoms with van der Waals surface area (Å²) in [6, 6.07) is 11.5. The Labute approximate surface area is 115 Å². The first-order valence-corrected chi connectivity index (χ1v) is 6.99. The Hall–Kier alpha value is -1.03. The third-order valence-electron chi connectivity index (χ3n) is 2.69. The van der Waals surface area contributed by atoms with Crippen LogP contribution in [0.5, 0.6) is 0 Å². The van der Waals surface area contributed by atoms with E-state index in [4.69, 9.17) is 11.6 Å². The van der Waals surface area contributed by atoms with Gasteiger partial charge in [0, 0.05) is 15.5 Å². The Balaban J connectivity index is 2.47. The highest BCUT2D eigenvalue weighted by Gasteiger charge is 2.17. The van der Waals surface area contributed by atoms with Crippen LogP contribution < -0.4 is 0 Å². The third kappa shape index (κ3) is 2.69. The first-order valence-electron chi connectivity index (χ1n) is 5.39. The van der Waals surface area contributed by atoms with Gasteiger partial charge in [0.05, 0.1) is 0 Å².